The van der Waals surface area contributed by atoms with Gasteiger partial charge in [0, 0.05) is 34.8 Å². The second-order valence-corrected chi connectivity index (χ2v) is 8.41. The molecule has 4 rings (SSSR count). The van der Waals surface area contributed by atoms with Crippen molar-refractivity contribution in [3.8, 4) is 11.3 Å². The molecule has 3 aromatic carbocycles. The average Bonchev–Trinajstić information content (AvgIpc) is 2.85. The average molecular weight is 476 g/mol. The molecule has 7 heteroatoms. The molecular formula is C27H26ClN3O3. The van der Waals surface area contributed by atoms with Crippen molar-refractivity contribution < 1.29 is 14.6 Å². The van der Waals surface area contributed by atoms with E-state index in [1.165, 1.54) is 0 Å². The Morgan fingerprint density at radius 1 is 1.03 bits per heavy atom. The number of amides is 1. The van der Waals surface area contributed by atoms with Crippen LogP contribution in [0.15, 0.2) is 72.8 Å². The van der Waals surface area contributed by atoms with Gasteiger partial charge in [-0.15, -0.1) is 0 Å². The number of hydrogen-bond donors (Lipinski definition) is 3. The molecule has 0 aliphatic rings. The molecule has 4 N–H and O–H groups in total. The van der Waals surface area contributed by atoms with Crippen LogP contribution in [0.4, 0.5) is 10.5 Å². The van der Waals surface area contributed by atoms with Crippen LogP contribution >= 0.6 is 11.6 Å². The molecular weight excluding hydrogens is 450 g/mol. The lowest BCUT2D eigenvalue weighted by atomic mass is 9.98. The third kappa shape index (κ3) is 5.91. The number of benzene rings is 3. The van der Waals surface area contributed by atoms with Crippen LogP contribution < -0.4 is 11.1 Å². The zero-order chi connectivity index (χ0) is 23.9. The van der Waals surface area contributed by atoms with Crippen molar-refractivity contribution in [1.29, 1.82) is 0 Å². The SMILES string of the molecule is NCc1ccc2nc(-c3cc(Cl)cc(NC(=O)OCc4ccccc4)c3)c(CCCO)cc2c1. The van der Waals surface area contributed by atoms with Crippen molar-refractivity contribution in [2.75, 3.05) is 11.9 Å². The van der Waals surface area contributed by atoms with Crippen molar-refractivity contribution in [3.05, 3.63) is 94.5 Å². The lowest BCUT2D eigenvalue weighted by molar-refractivity contribution is 0.155. The van der Waals surface area contributed by atoms with Crippen LogP contribution in [-0.2, 0) is 24.3 Å². The molecule has 1 amide bonds. The maximum atomic E-state index is 12.4. The number of nitrogens with two attached hydrogens (primary N) is 1. The highest BCUT2D eigenvalue weighted by Gasteiger charge is 2.13. The Hall–Kier alpha value is -3.45. The molecule has 0 fully saturated rings. The largest absolute Gasteiger partial charge is 0.444 e. The Bertz CT molecular complexity index is 1300. The van der Waals surface area contributed by atoms with E-state index in [4.69, 9.17) is 27.1 Å². The quantitative estimate of drug-likeness (QED) is 0.304. The van der Waals surface area contributed by atoms with Gasteiger partial charge in [-0.2, -0.15) is 0 Å². The van der Waals surface area contributed by atoms with Gasteiger partial charge in [-0.3, -0.25) is 5.32 Å². The number of anilines is 1. The van der Waals surface area contributed by atoms with Crippen molar-refractivity contribution >= 4 is 34.3 Å². The molecule has 0 saturated carbocycles. The van der Waals surface area contributed by atoms with Crippen LogP contribution in [-0.4, -0.2) is 22.8 Å². The number of aromatic nitrogens is 1. The summed E-state index contributed by atoms with van der Waals surface area (Å²) in [5.41, 5.74) is 11.6. The maximum absolute atomic E-state index is 12.4. The molecule has 1 aromatic heterocycles. The van der Waals surface area contributed by atoms with E-state index in [9.17, 15) is 9.90 Å². The van der Waals surface area contributed by atoms with Crippen LogP contribution in [0.1, 0.15) is 23.1 Å². The van der Waals surface area contributed by atoms with Gasteiger partial charge < -0.3 is 15.6 Å². The van der Waals surface area contributed by atoms with Gasteiger partial charge in [0.05, 0.1) is 11.2 Å². The van der Waals surface area contributed by atoms with Crippen LogP contribution in [0.2, 0.25) is 5.02 Å². The topological polar surface area (TPSA) is 97.5 Å². The standard InChI is InChI=1S/C27H26ClN3O3/c28-23-13-22(14-24(15-23)30-27(33)34-17-18-5-2-1-3-6-18)26-20(7-4-10-32)12-21-11-19(16-29)8-9-25(21)31-26/h1-3,5-6,8-9,11-15,32H,4,7,10,16-17,29H2,(H,30,33). The van der Waals surface area contributed by atoms with Gasteiger partial charge in [0.15, 0.2) is 0 Å². The number of fused-ring (bicyclic) bond motifs is 1. The minimum atomic E-state index is -0.571. The van der Waals surface area contributed by atoms with Gasteiger partial charge in [0.25, 0.3) is 0 Å². The number of carbonyl (C=O) groups excluding carboxylic acids is 1. The van der Waals surface area contributed by atoms with Crippen LogP contribution in [0.5, 0.6) is 0 Å². The highest BCUT2D eigenvalue weighted by molar-refractivity contribution is 6.31. The molecule has 34 heavy (non-hydrogen) atoms. The fourth-order valence-electron chi connectivity index (χ4n) is 3.78. The molecule has 174 valence electrons. The Labute approximate surface area is 203 Å². The number of pyridine rings is 1. The van der Waals surface area contributed by atoms with Crippen molar-refractivity contribution in [2.45, 2.75) is 26.0 Å². The zero-order valence-corrected chi connectivity index (χ0v) is 19.4. The highest BCUT2D eigenvalue weighted by atomic mass is 35.5. The van der Waals surface area contributed by atoms with Crippen molar-refractivity contribution in [2.24, 2.45) is 5.73 Å². The fourth-order valence-corrected chi connectivity index (χ4v) is 4.02. The van der Waals surface area contributed by atoms with E-state index in [-0.39, 0.29) is 13.2 Å². The number of aliphatic hydroxyl groups is 1. The van der Waals surface area contributed by atoms with Crippen molar-refractivity contribution in [1.82, 2.24) is 4.98 Å². The summed E-state index contributed by atoms with van der Waals surface area (Å²) in [5, 5.41) is 13.6. The summed E-state index contributed by atoms with van der Waals surface area (Å²) in [6.45, 7) is 0.700. The van der Waals surface area contributed by atoms with Gasteiger partial charge in [-0.1, -0.05) is 48.0 Å². The van der Waals surface area contributed by atoms with Gasteiger partial charge in [-0.05, 0) is 65.9 Å². The lowest BCUT2D eigenvalue weighted by Crippen LogP contribution is -2.13. The van der Waals surface area contributed by atoms with Crippen LogP contribution in [0.25, 0.3) is 22.2 Å². The van der Waals surface area contributed by atoms with E-state index in [1.807, 2.05) is 60.7 Å². The summed E-state index contributed by atoms with van der Waals surface area (Å²) < 4.78 is 5.33. The lowest BCUT2D eigenvalue weighted by Gasteiger charge is -2.14. The highest BCUT2D eigenvalue weighted by Crippen LogP contribution is 2.31. The Balaban J connectivity index is 1.62. The first-order chi connectivity index (χ1) is 16.6. The number of ether oxygens (including phenoxy) is 1. The van der Waals surface area contributed by atoms with Gasteiger partial charge in [-0.25, -0.2) is 9.78 Å². The molecule has 0 saturated heterocycles. The first-order valence-corrected chi connectivity index (χ1v) is 11.5. The van der Waals surface area contributed by atoms with E-state index in [0.717, 1.165) is 38.9 Å². The number of hydrogen-bond acceptors (Lipinski definition) is 5. The minimum absolute atomic E-state index is 0.0793. The van der Waals surface area contributed by atoms with E-state index in [0.29, 0.717) is 30.1 Å². The number of nitrogens with zero attached hydrogens (tertiary/aromatic N) is 1. The summed E-state index contributed by atoms with van der Waals surface area (Å²) in [4.78, 5) is 17.2. The van der Waals surface area contributed by atoms with Gasteiger partial charge in [0.2, 0.25) is 0 Å². The number of aliphatic hydroxyl groups excluding tert-OH is 1. The first-order valence-electron chi connectivity index (χ1n) is 11.1. The van der Waals surface area contributed by atoms with Crippen LogP contribution in [0.3, 0.4) is 0 Å². The Morgan fingerprint density at radius 2 is 1.85 bits per heavy atom. The number of aryl methyl sites for hydroxylation is 1. The number of rotatable bonds is 8. The monoisotopic (exact) mass is 475 g/mol. The summed E-state index contributed by atoms with van der Waals surface area (Å²) in [7, 11) is 0. The third-order valence-electron chi connectivity index (χ3n) is 5.43. The van der Waals surface area contributed by atoms with Crippen LogP contribution in [0, 0.1) is 0 Å². The van der Waals surface area contributed by atoms with Gasteiger partial charge in [0.1, 0.15) is 6.61 Å². The third-order valence-corrected chi connectivity index (χ3v) is 5.65. The number of carbonyl (C=O) groups is 1. The molecule has 1 heterocycles. The van der Waals surface area contributed by atoms with E-state index >= 15 is 0 Å². The predicted molar refractivity (Wildman–Crippen MR) is 136 cm³/mol. The predicted octanol–water partition coefficient (Wildman–Crippen LogP) is 5.69. The number of halogens is 1. The van der Waals surface area contributed by atoms with E-state index in [2.05, 4.69) is 11.4 Å². The molecule has 6 nitrogen and oxygen atoms in total. The molecule has 0 spiro atoms. The zero-order valence-electron chi connectivity index (χ0n) is 18.6. The summed E-state index contributed by atoms with van der Waals surface area (Å²) >= 11 is 6.40. The molecule has 4 aromatic rings. The normalized spacial score (nSPS) is 10.9. The smallest absolute Gasteiger partial charge is 0.411 e. The molecule has 0 radical (unpaired) electrons. The fraction of sp³-hybridized carbons (Fsp3) is 0.185. The van der Waals surface area contributed by atoms with Gasteiger partial charge >= 0.3 is 6.09 Å². The Kier molecular flexibility index (Phi) is 7.75. The molecule has 0 aliphatic carbocycles. The molecule has 0 bridgehead atoms. The first kappa shape index (κ1) is 23.7. The second-order valence-electron chi connectivity index (χ2n) is 7.97. The number of nitrogens with one attached hydrogen (secondary N) is 1. The Morgan fingerprint density at radius 3 is 2.62 bits per heavy atom. The summed E-state index contributed by atoms with van der Waals surface area (Å²) in [6, 6.07) is 22.8. The molecule has 0 aliphatic heterocycles. The van der Waals surface area contributed by atoms with E-state index in [1.54, 1.807) is 6.07 Å². The summed E-state index contributed by atoms with van der Waals surface area (Å²) in [6.07, 6.45) is 0.683. The maximum Gasteiger partial charge on any atom is 0.411 e. The molecule has 0 atom stereocenters. The summed E-state index contributed by atoms with van der Waals surface area (Å²) in [5.74, 6) is 0. The van der Waals surface area contributed by atoms with Crippen molar-refractivity contribution in [3.63, 3.8) is 0 Å². The minimum Gasteiger partial charge on any atom is -0.444 e. The second kappa shape index (κ2) is 11.1. The molecule has 0 unspecified atom stereocenters. The van der Waals surface area contributed by atoms with E-state index < -0.39 is 6.09 Å².